The number of hydrogen-bond donors (Lipinski definition) is 1. The van der Waals surface area contributed by atoms with E-state index >= 15 is 0 Å². The molecule has 0 spiro atoms. The first kappa shape index (κ1) is 21.6. The van der Waals surface area contributed by atoms with Crippen LogP contribution < -0.4 is 4.90 Å². The van der Waals surface area contributed by atoms with Crippen LogP contribution in [0.1, 0.15) is 79.5 Å². The normalized spacial score (nSPS) is 24.8. The van der Waals surface area contributed by atoms with Gasteiger partial charge in [0.2, 0.25) is 0 Å². The molecule has 1 saturated heterocycles. The Morgan fingerprint density at radius 3 is 2.38 bits per heavy atom. The molecule has 2 aromatic rings. The van der Waals surface area contributed by atoms with Gasteiger partial charge in [0.25, 0.3) is 0 Å². The Labute approximate surface area is 192 Å². The molecule has 5 rings (SSSR count). The van der Waals surface area contributed by atoms with Crippen LogP contribution in [0.2, 0.25) is 0 Å². The summed E-state index contributed by atoms with van der Waals surface area (Å²) in [5.74, 6) is 2.57. The Morgan fingerprint density at radius 1 is 0.906 bits per heavy atom. The van der Waals surface area contributed by atoms with Crippen LogP contribution in [0.15, 0.2) is 36.4 Å². The van der Waals surface area contributed by atoms with Crippen LogP contribution in [0.3, 0.4) is 0 Å². The number of benzene rings is 2. The van der Waals surface area contributed by atoms with E-state index in [0.29, 0.717) is 17.6 Å². The van der Waals surface area contributed by atoms with Crippen LogP contribution in [0.4, 0.5) is 5.69 Å². The lowest BCUT2D eigenvalue weighted by molar-refractivity contribution is -0.111. The van der Waals surface area contributed by atoms with Crippen molar-refractivity contribution in [1.29, 1.82) is 0 Å². The van der Waals surface area contributed by atoms with Crippen LogP contribution in [0, 0.1) is 24.7 Å². The van der Waals surface area contributed by atoms with E-state index in [9.17, 15) is 9.90 Å². The standard InChI is InChI=1S/C29H37NO2/c1-20-17-24(30-15-13-21(19-31)14-16-30)8-11-26(20)29-27(22-5-3-2-4-6-22)10-7-23-18-25(32)9-12-28(23)29/h8-9,11-12,17-19,21-22,27,29,32H,2-7,10,13-16H2,1H3/t27-,29+/m1/s1. The van der Waals surface area contributed by atoms with Crippen LogP contribution in [0.5, 0.6) is 5.75 Å². The highest BCUT2D eigenvalue weighted by atomic mass is 16.3. The molecule has 0 bridgehead atoms. The number of fused-ring (bicyclic) bond motifs is 1. The second-order valence-electron chi connectivity index (χ2n) is 10.5. The number of phenols is 1. The number of aldehydes is 1. The molecule has 3 nitrogen and oxygen atoms in total. The monoisotopic (exact) mass is 431 g/mol. The Balaban J connectivity index is 1.48. The van der Waals surface area contributed by atoms with Crippen molar-refractivity contribution in [2.45, 2.75) is 70.6 Å². The molecule has 1 saturated carbocycles. The average Bonchev–Trinajstić information content (AvgIpc) is 2.84. The molecule has 32 heavy (non-hydrogen) atoms. The molecule has 2 atom stereocenters. The molecule has 2 aromatic carbocycles. The van der Waals surface area contributed by atoms with Gasteiger partial charge in [0.1, 0.15) is 12.0 Å². The molecular formula is C29H37NO2. The number of aryl methyl sites for hydroxylation is 2. The van der Waals surface area contributed by atoms with Crippen molar-refractivity contribution in [3.05, 3.63) is 58.7 Å². The van der Waals surface area contributed by atoms with Gasteiger partial charge in [0.15, 0.2) is 0 Å². The fraction of sp³-hybridized carbons (Fsp3) is 0.552. The number of nitrogens with zero attached hydrogens (tertiary/aromatic N) is 1. The van der Waals surface area contributed by atoms with E-state index in [1.807, 2.05) is 12.1 Å². The third-order valence-corrected chi connectivity index (χ3v) is 8.58. The number of rotatable bonds is 4. The van der Waals surface area contributed by atoms with Crippen molar-refractivity contribution in [3.63, 3.8) is 0 Å². The van der Waals surface area contributed by atoms with Crippen LogP contribution in [-0.2, 0) is 11.2 Å². The Kier molecular flexibility index (Phi) is 6.26. The minimum atomic E-state index is 0.234. The third-order valence-electron chi connectivity index (χ3n) is 8.58. The predicted molar refractivity (Wildman–Crippen MR) is 131 cm³/mol. The lowest BCUT2D eigenvalue weighted by Gasteiger charge is -2.41. The van der Waals surface area contributed by atoms with Gasteiger partial charge in [-0.25, -0.2) is 0 Å². The van der Waals surface area contributed by atoms with Gasteiger partial charge >= 0.3 is 0 Å². The first-order valence-corrected chi connectivity index (χ1v) is 12.8. The summed E-state index contributed by atoms with van der Waals surface area (Å²) in [6.45, 7) is 4.22. The van der Waals surface area contributed by atoms with Crippen molar-refractivity contribution < 1.29 is 9.90 Å². The fourth-order valence-corrected chi connectivity index (χ4v) is 6.80. The molecule has 0 unspecified atom stereocenters. The summed E-state index contributed by atoms with van der Waals surface area (Å²) in [5.41, 5.74) is 6.92. The largest absolute Gasteiger partial charge is 0.508 e. The maximum absolute atomic E-state index is 11.1. The average molecular weight is 432 g/mol. The van der Waals surface area contributed by atoms with E-state index in [2.05, 4.69) is 36.1 Å². The van der Waals surface area contributed by atoms with E-state index in [4.69, 9.17) is 0 Å². The Morgan fingerprint density at radius 2 is 1.66 bits per heavy atom. The molecule has 0 radical (unpaired) electrons. The quantitative estimate of drug-likeness (QED) is 0.570. The van der Waals surface area contributed by atoms with E-state index in [1.165, 1.54) is 66.5 Å². The molecule has 1 N–H and O–H groups in total. The Bertz CT molecular complexity index is 954. The number of hydrogen-bond acceptors (Lipinski definition) is 3. The number of carbonyl (C=O) groups excluding carboxylic acids is 1. The first-order chi connectivity index (χ1) is 15.6. The van der Waals surface area contributed by atoms with Gasteiger partial charge in [-0.2, -0.15) is 0 Å². The van der Waals surface area contributed by atoms with Gasteiger partial charge < -0.3 is 14.8 Å². The molecular weight excluding hydrogens is 394 g/mol. The number of piperidine rings is 1. The molecule has 0 aromatic heterocycles. The summed E-state index contributed by atoms with van der Waals surface area (Å²) < 4.78 is 0. The predicted octanol–water partition coefficient (Wildman–Crippen LogP) is 6.39. The fourth-order valence-electron chi connectivity index (χ4n) is 6.80. The minimum Gasteiger partial charge on any atom is -0.508 e. The summed E-state index contributed by atoms with van der Waals surface area (Å²) in [6.07, 6.45) is 12.3. The highest BCUT2D eigenvalue weighted by Gasteiger charge is 2.37. The van der Waals surface area contributed by atoms with Gasteiger partial charge in [0, 0.05) is 30.6 Å². The van der Waals surface area contributed by atoms with Gasteiger partial charge in [-0.15, -0.1) is 0 Å². The molecule has 2 aliphatic carbocycles. The summed E-state index contributed by atoms with van der Waals surface area (Å²) >= 11 is 0. The summed E-state index contributed by atoms with van der Waals surface area (Å²) in [7, 11) is 0. The smallest absolute Gasteiger partial charge is 0.123 e. The number of aromatic hydroxyl groups is 1. The second-order valence-corrected chi connectivity index (χ2v) is 10.5. The molecule has 3 heteroatoms. The van der Waals surface area contributed by atoms with E-state index in [-0.39, 0.29) is 5.92 Å². The van der Waals surface area contributed by atoms with Crippen LogP contribution in [0.25, 0.3) is 0 Å². The zero-order valence-electron chi connectivity index (χ0n) is 19.4. The highest BCUT2D eigenvalue weighted by molar-refractivity contribution is 5.57. The maximum atomic E-state index is 11.1. The van der Waals surface area contributed by atoms with Crippen molar-refractivity contribution in [3.8, 4) is 5.75 Å². The topological polar surface area (TPSA) is 40.5 Å². The van der Waals surface area contributed by atoms with Crippen LogP contribution in [-0.4, -0.2) is 24.5 Å². The van der Waals surface area contributed by atoms with Crippen molar-refractivity contribution in [2.75, 3.05) is 18.0 Å². The number of anilines is 1. The van der Waals surface area contributed by atoms with E-state index in [1.54, 1.807) is 0 Å². The Hall–Kier alpha value is -2.29. The maximum Gasteiger partial charge on any atom is 0.123 e. The van der Waals surface area contributed by atoms with Crippen LogP contribution >= 0.6 is 0 Å². The summed E-state index contributed by atoms with van der Waals surface area (Å²) in [6, 6.07) is 13.2. The van der Waals surface area contributed by atoms with Crippen molar-refractivity contribution in [1.82, 2.24) is 0 Å². The van der Waals surface area contributed by atoms with Gasteiger partial charge in [0.05, 0.1) is 0 Å². The first-order valence-electron chi connectivity index (χ1n) is 12.8. The summed E-state index contributed by atoms with van der Waals surface area (Å²) in [4.78, 5) is 13.6. The van der Waals surface area contributed by atoms with Gasteiger partial charge in [-0.05, 0) is 91.0 Å². The van der Waals surface area contributed by atoms with Gasteiger partial charge in [-0.3, -0.25) is 0 Å². The second kappa shape index (κ2) is 9.29. The van der Waals surface area contributed by atoms with Crippen molar-refractivity contribution >= 4 is 12.0 Å². The number of phenolic OH excluding ortho intramolecular Hbond substituents is 1. The lowest BCUT2D eigenvalue weighted by atomic mass is 9.63. The number of carbonyl (C=O) groups is 1. The third kappa shape index (κ3) is 4.19. The SMILES string of the molecule is Cc1cc(N2CCC(C=O)CC2)ccc1[C@@H]1c2ccc(O)cc2CC[C@@H]1C1CCCCC1. The molecule has 2 fully saturated rings. The zero-order chi connectivity index (χ0) is 22.1. The lowest BCUT2D eigenvalue weighted by Crippen LogP contribution is -2.34. The molecule has 3 aliphatic rings. The van der Waals surface area contributed by atoms with Crippen molar-refractivity contribution in [2.24, 2.45) is 17.8 Å². The van der Waals surface area contributed by atoms with E-state index < -0.39 is 0 Å². The minimum absolute atomic E-state index is 0.234. The summed E-state index contributed by atoms with van der Waals surface area (Å²) in [5, 5.41) is 10.1. The highest BCUT2D eigenvalue weighted by Crippen LogP contribution is 2.49. The molecule has 1 aliphatic heterocycles. The van der Waals surface area contributed by atoms with E-state index in [0.717, 1.165) is 44.6 Å². The van der Waals surface area contributed by atoms with Gasteiger partial charge in [-0.1, -0.05) is 44.2 Å². The molecule has 170 valence electrons. The molecule has 1 heterocycles. The zero-order valence-corrected chi connectivity index (χ0v) is 19.4. The molecule has 0 amide bonds.